The highest BCUT2D eigenvalue weighted by Gasteiger charge is 2.22. The van der Waals surface area contributed by atoms with Crippen molar-refractivity contribution in [2.75, 3.05) is 11.9 Å². The Balaban J connectivity index is 1.77. The first-order chi connectivity index (χ1) is 14.4. The first kappa shape index (κ1) is 21.5. The molecule has 1 aromatic heterocycles. The SMILES string of the molecule is CCOc1cc(Cl)ccc1S(=O)(=O)c1ccc(NC(=O)C=Cc2cccnc2)cc1. The number of anilines is 1. The number of rotatable bonds is 7. The van der Waals surface area contributed by atoms with Crippen molar-refractivity contribution < 1.29 is 17.9 Å². The Bertz CT molecular complexity index is 1160. The zero-order valence-electron chi connectivity index (χ0n) is 16.1. The molecule has 0 fully saturated rings. The molecular formula is C22H19ClN2O4S. The van der Waals surface area contributed by atoms with E-state index in [0.717, 1.165) is 5.56 Å². The van der Waals surface area contributed by atoms with Crippen molar-refractivity contribution in [2.24, 2.45) is 0 Å². The van der Waals surface area contributed by atoms with Gasteiger partial charge in [0.05, 0.1) is 11.5 Å². The van der Waals surface area contributed by atoms with Crippen molar-refractivity contribution >= 4 is 39.1 Å². The molecule has 1 amide bonds. The zero-order valence-corrected chi connectivity index (χ0v) is 17.7. The van der Waals surface area contributed by atoms with Crippen molar-refractivity contribution in [3.8, 4) is 5.75 Å². The Morgan fingerprint density at radius 2 is 1.93 bits per heavy atom. The molecule has 30 heavy (non-hydrogen) atoms. The van der Waals surface area contributed by atoms with Gasteiger partial charge in [-0.05, 0) is 61.0 Å². The fourth-order valence-corrected chi connectivity index (χ4v) is 4.19. The monoisotopic (exact) mass is 442 g/mol. The molecule has 0 spiro atoms. The Morgan fingerprint density at radius 1 is 1.17 bits per heavy atom. The largest absolute Gasteiger partial charge is 0.492 e. The standard InChI is InChI=1S/C22H19ClN2O4S/c1-2-29-20-14-17(23)6-11-21(20)30(27,28)19-9-7-18(8-10-19)25-22(26)12-5-16-4-3-13-24-15-16/h3-15H,2H2,1H3,(H,25,26). The van der Waals surface area contributed by atoms with Crippen LogP contribution in [0.4, 0.5) is 5.69 Å². The quantitative estimate of drug-likeness (QED) is 0.539. The predicted molar refractivity (Wildman–Crippen MR) is 116 cm³/mol. The summed E-state index contributed by atoms with van der Waals surface area (Å²) in [5.74, 6) is -0.145. The van der Waals surface area contributed by atoms with Crippen LogP contribution in [0.5, 0.6) is 5.75 Å². The number of hydrogen-bond donors (Lipinski definition) is 1. The molecule has 8 heteroatoms. The van der Waals surface area contributed by atoms with E-state index in [1.807, 2.05) is 6.07 Å². The summed E-state index contributed by atoms with van der Waals surface area (Å²) in [7, 11) is -3.82. The molecule has 6 nitrogen and oxygen atoms in total. The van der Waals surface area contributed by atoms with Gasteiger partial charge in [-0.3, -0.25) is 9.78 Å². The van der Waals surface area contributed by atoms with E-state index in [2.05, 4.69) is 10.3 Å². The van der Waals surface area contributed by atoms with E-state index in [1.165, 1.54) is 48.5 Å². The average molecular weight is 443 g/mol. The number of hydrogen-bond acceptors (Lipinski definition) is 5. The molecule has 1 heterocycles. The van der Waals surface area contributed by atoms with Crippen LogP contribution in [0.25, 0.3) is 6.08 Å². The van der Waals surface area contributed by atoms with E-state index in [0.29, 0.717) is 17.3 Å². The van der Waals surface area contributed by atoms with Crippen molar-refractivity contribution in [1.29, 1.82) is 0 Å². The predicted octanol–water partition coefficient (Wildman–Crippen LogP) is 4.62. The summed E-state index contributed by atoms with van der Waals surface area (Å²) in [6.45, 7) is 2.07. The lowest BCUT2D eigenvalue weighted by Crippen LogP contribution is -2.09. The van der Waals surface area contributed by atoms with Crippen LogP contribution in [0.3, 0.4) is 0 Å². The lowest BCUT2D eigenvalue weighted by molar-refractivity contribution is -0.111. The van der Waals surface area contributed by atoms with Crippen LogP contribution >= 0.6 is 11.6 Å². The molecular weight excluding hydrogens is 424 g/mol. The Morgan fingerprint density at radius 3 is 2.60 bits per heavy atom. The van der Waals surface area contributed by atoms with Crippen LogP contribution in [-0.4, -0.2) is 25.9 Å². The molecule has 2 aromatic carbocycles. The molecule has 0 bridgehead atoms. The van der Waals surface area contributed by atoms with Crippen molar-refractivity contribution in [1.82, 2.24) is 4.98 Å². The van der Waals surface area contributed by atoms with Gasteiger partial charge in [0.1, 0.15) is 10.6 Å². The van der Waals surface area contributed by atoms with E-state index >= 15 is 0 Å². The summed E-state index contributed by atoms with van der Waals surface area (Å²) >= 11 is 5.96. The number of benzene rings is 2. The topological polar surface area (TPSA) is 85.4 Å². The molecule has 0 aliphatic carbocycles. The first-order valence-corrected chi connectivity index (χ1v) is 10.9. The van der Waals surface area contributed by atoms with Gasteiger partial charge in [-0.25, -0.2) is 8.42 Å². The smallest absolute Gasteiger partial charge is 0.248 e. The minimum atomic E-state index is -3.82. The summed E-state index contributed by atoms with van der Waals surface area (Å²) < 4.78 is 31.4. The number of amides is 1. The molecule has 0 unspecified atom stereocenters. The van der Waals surface area contributed by atoms with E-state index in [1.54, 1.807) is 31.5 Å². The number of nitrogens with zero attached hydrogens (tertiary/aromatic N) is 1. The number of nitrogens with one attached hydrogen (secondary N) is 1. The van der Waals surface area contributed by atoms with Gasteiger partial charge in [0.25, 0.3) is 0 Å². The van der Waals surface area contributed by atoms with Crippen molar-refractivity contribution in [3.63, 3.8) is 0 Å². The third-order valence-electron chi connectivity index (χ3n) is 4.04. The zero-order chi connectivity index (χ0) is 21.6. The van der Waals surface area contributed by atoms with E-state index in [-0.39, 0.29) is 21.4 Å². The number of pyridine rings is 1. The van der Waals surface area contributed by atoms with Gasteiger partial charge >= 0.3 is 0 Å². The maximum absolute atomic E-state index is 13.0. The number of ether oxygens (including phenoxy) is 1. The number of halogens is 1. The van der Waals surface area contributed by atoms with Crippen LogP contribution in [0.2, 0.25) is 5.02 Å². The molecule has 0 saturated carbocycles. The van der Waals surface area contributed by atoms with Crippen LogP contribution in [-0.2, 0) is 14.6 Å². The summed E-state index contributed by atoms with van der Waals surface area (Å²) in [5.41, 5.74) is 1.26. The minimum Gasteiger partial charge on any atom is -0.492 e. The molecule has 3 aromatic rings. The normalized spacial score (nSPS) is 11.4. The lowest BCUT2D eigenvalue weighted by Gasteiger charge is -2.12. The molecule has 0 atom stereocenters. The molecule has 1 N–H and O–H groups in total. The van der Waals surface area contributed by atoms with Crippen LogP contribution in [0, 0.1) is 0 Å². The minimum absolute atomic E-state index is 0.0324. The van der Waals surface area contributed by atoms with Crippen molar-refractivity contribution in [3.05, 3.63) is 83.7 Å². The van der Waals surface area contributed by atoms with E-state index in [4.69, 9.17) is 16.3 Å². The maximum atomic E-state index is 13.0. The van der Waals surface area contributed by atoms with Crippen molar-refractivity contribution in [2.45, 2.75) is 16.7 Å². The summed E-state index contributed by atoms with van der Waals surface area (Å²) in [4.78, 5) is 16.2. The lowest BCUT2D eigenvalue weighted by atomic mass is 10.2. The molecule has 3 rings (SSSR count). The third-order valence-corrected chi connectivity index (χ3v) is 6.08. The second-order valence-corrected chi connectivity index (χ2v) is 8.52. The molecule has 0 aliphatic heterocycles. The van der Waals surface area contributed by atoms with Crippen LogP contribution < -0.4 is 10.1 Å². The van der Waals surface area contributed by atoms with Gasteiger partial charge in [-0.2, -0.15) is 0 Å². The molecule has 0 radical (unpaired) electrons. The summed E-state index contributed by atoms with van der Waals surface area (Å²) in [6, 6.07) is 13.9. The Hall–Kier alpha value is -3.16. The van der Waals surface area contributed by atoms with Crippen LogP contribution in [0.15, 0.2) is 82.9 Å². The number of carbonyl (C=O) groups excluding carboxylic acids is 1. The summed E-state index contributed by atoms with van der Waals surface area (Å²) in [6.07, 6.45) is 6.30. The van der Waals surface area contributed by atoms with E-state index < -0.39 is 9.84 Å². The second kappa shape index (κ2) is 9.56. The highest BCUT2D eigenvalue weighted by molar-refractivity contribution is 7.91. The summed E-state index contributed by atoms with van der Waals surface area (Å²) in [5, 5.41) is 3.07. The molecule has 154 valence electrons. The highest BCUT2D eigenvalue weighted by Crippen LogP contribution is 2.32. The van der Waals surface area contributed by atoms with E-state index in [9.17, 15) is 13.2 Å². The Kier molecular flexibility index (Phi) is 6.87. The fourth-order valence-electron chi connectivity index (χ4n) is 2.65. The van der Waals surface area contributed by atoms with Gasteiger partial charge < -0.3 is 10.1 Å². The Labute approximate surface area is 180 Å². The average Bonchev–Trinajstić information content (AvgIpc) is 2.73. The van der Waals surface area contributed by atoms with Gasteiger partial charge in [-0.1, -0.05) is 17.7 Å². The number of carbonyl (C=O) groups is 1. The fraction of sp³-hybridized carbons (Fsp3) is 0.0909. The van der Waals surface area contributed by atoms with Crippen LogP contribution in [0.1, 0.15) is 12.5 Å². The van der Waals surface area contributed by atoms with Gasteiger partial charge in [0.2, 0.25) is 15.7 Å². The number of aromatic nitrogens is 1. The second-order valence-electron chi connectivity index (χ2n) is 6.16. The van der Waals surface area contributed by atoms with Gasteiger partial charge in [0, 0.05) is 35.2 Å². The van der Waals surface area contributed by atoms with Gasteiger partial charge in [0.15, 0.2) is 0 Å². The first-order valence-electron chi connectivity index (χ1n) is 9.07. The highest BCUT2D eigenvalue weighted by atomic mass is 35.5. The molecule has 0 saturated heterocycles. The number of sulfone groups is 1. The molecule has 0 aliphatic rings. The third kappa shape index (κ3) is 5.25. The van der Waals surface area contributed by atoms with Gasteiger partial charge in [-0.15, -0.1) is 0 Å². The maximum Gasteiger partial charge on any atom is 0.248 e.